The molecule has 4 N–H and O–H groups in total. The van der Waals surface area contributed by atoms with Crippen molar-refractivity contribution in [3.8, 4) is 0 Å². The van der Waals surface area contributed by atoms with Gasteiger partial charge in [-0.25, -0.2) is 4.39 Å². The van der Waals surface area contributed by atoms with E-state index in [4.69, 9.17) is 17.0 Å². The molecule has 9 heteroatoms. The van der Waals surface area contributed by atoms with E-state index >= 15 is 4.39 Å². The van der Waals surface area contributed by atoms with Crippen LogP contribution in [0.3, 0.4) is 0 Å². The van der Waals surface area contributed by atoms with Crippen LogP contribution in [-0.2, 0) is 0 Å². The molecular weight excluding hydrogens is 477 g/mol. The maximum Gasteiger partial charge on any atom is 0.195 e. The molecule has 9 atom stereocenters. The van der Waals surface area contributed by atoms with Gasteiger partial charge in [-0.3, -0.25) is 26.3 Å². The quantitative estimate of drug-likeness (QED) is 0.326. The lowest BCUT2D eigenvalue weighted by Gasteiger charge is -2.49. The molecule has 3 saturated heterocycles. The van der Waals surface area contributed by atoms with Crippen molar-refractivity contribution >= 4 is 17.6 Å². The molecule has 2 saturated carbocycles. The van der Waals surface area contributed by atoms with Crippen LogP contribution in [0, 0.1) is 35.0 Å². The van der Waals surface area contributed by atoms with Gasteiger partial charge in [-0.05, 0) is 82.1 Å². The average Bonchev–Trinajstić information content (AvgIpc) is 3.29. The number of alkyl halides is 2. The highest BCUT2D eigenvalue weighted by Crippen LogP contribution is 2.41. The number of nitrogens with one attached hydrogen (secondary N) is 4. The molecule has 3 heterocycles. The first-order valence-electron chi connectivity index (χ1n) is 14.5. The number of hydrogen-bond donors (Lipinski definition) is 4. The molecule has 9 unspecified atom stereocenters. The van der Waals surface area contributed by atoms with Gasteiger partial charge < -0.3 is 9.80 Å². The van der Waals surface area contributed by atoms with Crippen LogP contribution < -0.4 is 16.0 Å². The summed E-state index contributed by atoms with van der Waals surface area (Å²) in [5, 5.41) is 20.3. The Morgan fingerprint density at radius 2 is 1.75 bits per heavy atom. The van der Waals surface area contributed by atoms with Crippen LogP contribution in [0.5, 0.6) is 0 Å². The van der Waals surface area contributed by atoms with E-state index in [1.165, 1.54) is 25.7 Å². The van der Waals surface area contributed by atoms with Crippen molar-refractivity contribution in [2.24, 2.45) is 29.6 Å². The number of likely N-dealkylation sites (N-methyl/N-ethyl adjacent to an activating group) is 2. The van der Waals surface area contributed by atoms with Crippen molar-refractivity contribution in [3.05, 3.63) is 0 Å². The maximum atomic E-state index is 15.0. The van der Waals surface area contributed by atoms with E-state index in [9.17, 15) is 0 Å². The van der Waals surface area contributed by atoms with Crippen molar-refractivity contribution in [1.82, 2.24) is 30.7 Å². The van der Waals surface area contributed by atoms with Crippen LogP contribution in [0.15, 0.2) is 0 Å². The number of hydrogen-bond acceptors (Lipinski definition) is 5. The summed E-state index contributed by atoms with van der Waals surface area (Å²) < 4.78 is 15.0. The Labute approximate surface area is 222 Å². The minimum Gasteiger partial charge on any atom is -0.338 e. The molecule has 0 bridgehead atoms. The molecule has 0 amide bonds. The predicted molar refractivity (Wildman–Crippen MR) is 145 cm³/mol. The first kappa shape index (κ1) is 26.9. The van der Waals surface area contributed by atoms with Crippen molar-refractivity contribution in [2.45, 2.75) is 108 Å². The Balaban J connectivity index is 1.25. The molecule has 5 aliphatic rings. The summed E-state index contributed by atoms with van der Waals surface area (Å²) in [5.41, 5.74) is 0.0586. The highest BCUT2D eigenvalue weighted by atomic mass is 35.5. The zero-order chi connectivity index (χ0) is 25.7. The summed E-state index contributed by atoms with van der Waals surface area (Å²) in [5.74, 6) is 2.59. The normalized spacial score (nSPS) is 46.6. The van der Waals surface area contributed by atoms with Gasteiger partial charge in [-0.1, -0.05) is 20.3 Å². The van der Waals surface area contributed by atoms with Gasteiger partial charge in [0.05, 0.1) is 23.9 Å². The molecule has 0 aromatic rings. The Morgan fingerprint density at radius 1 is 1.03 bits per heavy atom. The number of nitrogens with zero attached hydrogens (tertiary/aromatic N) is 3. The standard InChI is InChI=1S/C27H49ClFN7/c1-15(2)22-19(7-6-8-20(22)29)24-31-16(3)23-26(33-24)36(27(30)35(23)5)13-17-9-11-18(12-10-17)25-32-21(28)14-34(25)4/h15-26,30-33H,6-14H2,1-5H3. The van der Waals surface area contributed by atoms with Gasteiger partial charge >= 0.3 is 0 Å². The van der Waals surface area contributed by atoms with Crippen LogP contribution in [0.1, 0.15) is 65.7 Å². The summed E-state index contributed by atoms with van der Waals surface area (Å²) in [6.07, 6.45) is 7.46. The fourth-order valence-corrected chi connectivity index (χ4v) is 8.77. The zero-order valence-electron chi connectivity index (χ0n) is 22.9. The smallest absolute Gasteiger partial charge is 0.195 e. The van der Waals surface area contributed by atoms with Crippen LogP contribution >= 0.6 is 11.6 Å². The minimum atomic E-state index is -0.710. The molecule has 5 fully saturated rings. The average molecular weight is 526 g/mol. The lowest BCUT2D eigenvalue weighted by Crippen LogP contribution is -2.71. The van der Waals surface area contributed by atoms with E-state index in [1.807, 2.05) is 0 Å². The Hall–Kier alpha value is -0.670. The molecule has 36 heavy (non-hydrogen) atoms. The third-order valence-corrected chi connectivity index (χ3v) is 10.5. The van der Waals surface area contributed by atoms with E-state index in [-0.39, 0.29) is 41.8 Å². The first-order valence-corrected chi connectivity index (χ1v) is 14.9. The van der Waals surface area contributed by atoms with E-state index in [0.29, 0.717) is 36.3 Å². The topological polar surface area (TPSA) is 69.7 Å². The molecule has 0 spiro atoms. The summed E-state index contributed by atoms with van der Waals surface area (Å²) in [6.45, 7) is 8.45. The zero-order valence-corrected chi connectivity index (χ0v) is 23.6. The third-order valence-electron chi connectivity index (χ3n) is 10.2. The van der Waals surface area contributed by atoms with Gasteiger partial charge in [0, 0.05) is 26.2 Å². The van der Waals surface area contributed by atoms with Crippen molar-refractivity contribution in [1.29, 1.82) is 5.41 Å². The number of guanidine groups is 1. The second-order valence-corrected chi connectivity index (χ2v) is 13.4. The van der Waals surface area contributed by atoms with E-state index < -0.39 is 6.17 Å². The summed E-state index contributed by atoms with van der Waals surface area (Å²) in [6, 6.07) is 0.456. The monoisotopic (exact) mass is 525 g/mol. The van der Waals surface area contributed by atoms with Crippen LogP contribution in [0.2, 0.25) is 0 Å². The highest BCUT2D eigenvalue weighted by Gasteiger charge is 2.51. The molecule has 0 aromatic heterocycles. The molecule has 0 radical (unpaired) electrons. The lowest BCUT2D eigenvalue weighted by molar-refractivity contribution is 0.00603. The summed E-state index contributed by atoms with van der Waals surface area (Å²) in [4.78, 5) is 6.85. The lowest BCUT2D eigenvalue weighted by atomic mass is 9.70. The van der Waals surface area contributed by atoms with Gasteiger partial charge in [0.2, 0.25) is 0 Å². The van der Waals surface area contributed by atoms with Crippen molar-refractivity contribution in [2.75, 3.05) is 27.2 Å². The number of fused-ring (bicyclic) bond motifs is 1. The molecule has 3 aliphatic heterocycles. The van der Waals surface area contributed by atoms with Gasteiger partial charge in [0.1, 0.15) is 12.3 Å². The molecule has 206 valence electrons. The molecule has 2 aliphatic carbocycles. The predicted octanol–water partition coefficient (Wildman–Crippen LogP) is 3.41. The number of halogens is 2. The third kappa shape index (κ3) is 5.02. The second-order valence-electron chi connectivity index (χ2n) is 12.9. The van der Waals surface area contributed by atoms with E-state index in [0.717, 1.165) is 25.9 Å². The molecule has 0 aromatic carbocycles. The van der Waals surface area contributed by atoms with Crippen molar-refractivity contribution < 1.29 is 4.39 Å². The second kappa shape index (κ2) is 10.8. The fourth-order valence-electron chi connectivity index (χ4n) is 8.43. The van der Waals surface area contributed by atoms with Crippen LogP contribution in [0.25, 0.3) is 0 Å². The van der Waals surface area contributed by atoms with Gasteiger partial charge in [0.15, 0.2) is 5.96 Å². The maximum absolute atomic E-state index is 15.0. The molecule has 7 nitrogen and oxygen atoms in total. The van der Waals surface area contributed by atoms with E-state index in [1.54, 1.807) is 0 Å². The van der Waals surface area contributed by atoms with Crippen molar-refractivity contribution in [3.63, 3.8) is 0 Å². The Kier molecular flexibility index (Phi) is 8.10. The Morgan fingerprint density at radius 3 is 2.39 bits per heavy atom. The highest BCUT2D eigenvalue weighted by molar-refractivity contribution is 6.20. The van der Waals surface area contributed by atoms with Crippen LogP contribution in [0.4, 0.5) is 4.39 Å². The molecule has 5 rings (SSSR count). The van der Waals surface area contributed by atoms with Gasteiger partial charge in [0.25, 0.3) is 0 Å². The fraction of sp³-hybridized carbons (Fsp3) is 0.963. The molecular formula is C27H49ClFN7. The van der Waals surface area contributed by atoms with Gasteiger partial charge in [-0.15, -0.1) is 11.6 Å². The van der Waals surface area contributed by atoms with Crippen LogP contribution in [-0.4, -0.2) is 90.1 Å². The summed E-state index contributed by atoms with van der Waals surface area (Å²) in [7, 11) is 4.24. The first-order chi connectivity index (χ1) is 17.2. The number of rotatable bonds is 5. The summed E-state index contributed by atoms with van der Waals surface area (Å²) >= 11 is 6.35. The van der Waals surface area contributed by atoms with E-state index in [2.05, 4.69) is 65.5 Å². The Bertz CT molecular complexity index is 777. The minimum absolute atomic E-state index is 0.0586. The largest absolute Gasteiger partial charge is 0.338 e. The SMILES string of the molecule is CC(C)C1C(F)CCCC1C1NC(C)C2C(N1)N(CC1CCC(C3NC(Cl)CN3C)CC1)C(=N)N2C. The van der Waals surface area contributed by atoms with Gasteiger partial charge in [-0.2, -0.15) is 0 Å².